The molecule has 0 saturated carbocycles. The molecule has 126 valence electrons. The second kappa shape index (κ2) is 10.4. The van der Waals surface area contributed by atoms with E-state index >= 15 is 0 Å². The summed E-state index contributed by atoms with van der Waals surface area (Å²) >= 11 is 0. The fourth-order valence-electron chi connectivity index (χ4n) is 1.90. The van der Waals surface area contributed by atoms with Gasteiger partial charge in [-0.15, -0.1) is 0 Å². The van der Waals surface area contributed by atoms with Gasteiger partial charge in [0.2, 0.25) is 0 Å². The van der Waals surface area contributed by atoms with E-state index in [2.05, 4.69) is 0 Å². The minimum atomic E-state index is -0.522. The van der Waals surface area contributed by atoms with Gasteiger partial charge in [-0.25, -0.2) is 4.79 Å². The molecule has 0 amide bonds. The third kappa shape index (κ3) is 6.55. The van der Waals surface area contributed by atoms with Crippen LogP contribution in [0.1, 0.15) is 39.2 Å². The third-order valence-corrected chi connectivity index (χ3v) is 2.89. The molecular weight excluding hydrogens is 296 g/mol. The number of benzene rings is 1. The predicted octanol–water partition coefficient (Wildman–Crippen LogP) is 3.38. The number of rotatable bonds is 9. The van der Waals surface area contributed by atoms with Gasteiger partial charge in [0.25, 0.3) is 0 Å². The average molecular weight is 320 g/mol. The van der Waals surface area contributed by atoms with Crippen molar-refractivity contribution in [3.8, 4) is 5.75 Å². The van der Waals surface area contributed by atoms with Crippen molar-refractivity contribution in [1.29, 1.82) is 0 Å². The molecule has 1 aromatic carbocycles. The molecule has 0 unspecified atom stereocenters. The van der Waals surface area contributed by atoms with Gasteiger partial charge >= 0.3 is 11.9 Å². The Morgan fingerprint density at radius 2 is 1.74 bits per heavy atom. The SMILES string of the molecule is CCCOc1ccccc1C=C(CC(=O)OCC)C(=O)OCC. The van der Waals surface area contributed by atoms with Crippen LogP contribution >= 0.6 is 0 Å². The first-order valence-corrected chi connectivity index (χ1v) is 7.87. The smallest absolute Gasteiger partial charge is 0.334 e. The Morgan fingerprint density at radius 1 is 1.04 bits per heavy atom. The van der Waals surface area contributed by atoms with Crippen molar-refractivity contribution < 1.29 is 23.8 Å². The van der Waals surface area contributed by atoms with Crippen LogP contribution in [0.2, 0.25) is 0 Å². The first-order valence-electron chi connectivity index (χ1n) is 7.87. The number of para-hydroxylation sites is 1. The predicted molar refractivity (Wildman–Crippen MR) is 88.1 cm³/mol. The van der Waals surface area contributed by atoms with Crippen molar-refractivity contribution in [2.45, 2.75) is 33.6 Å². The van der Waals surface area contributed by atoms with Crippen molar-refractivity contribution in [1.82, 2.24) is 0 Å². The molecule has 0 spiro atoms. The number of carbonyl (C=O) groups excluding carboxylic acids is 2. The lowest BCUT2D eigenvalue weighted by Gasteiger charge is -2.10. The van der Waals surface area contributed by atoms with E-state index in [-0.39, 0.29) is 25.2 Å². The molecule has 0 heterocycles. The van der Waals surface area contributed by atoms with Crippen molar-refractivity contribution >= 4 is 18.0 Å². The van der Waals surface area contributed by atoms with Gasteiger partial charge in [0.05, 0.1) is 26.2 Å². The number of esters is 2. The second-order valence-corrected chi connectivity index (χ2v) is 4.76. The van der Waals surface area contributed by atoms with Crippen LogP contribution in [0, 0.1) is 0 Å². The van der Waals surface area contributed by atoms with E-state index in [0.29, 0.717) is 12.4 Å². The summed E-state index contributed by atoms with van der Waals surface area (Å²) in [6.45, 7) is 6.55. The zero-order valence-electron chi connectivity index (χ0n) is 14.0. The average Bonchev–Trinajstić information content (AvgIpc) is 2.54. The zero-order valence-corrected chi connectivity index (χ0v) is 14.0. The molecule has 0 atom stereocenters. The lowest BCUT2D eigenvalue weighted by molar-refractivity contribution is -0.145. The maximum atomic E-state index is 12.1. The highest BCUT2D eigenvalue weighted by Gasteiger charge is 2.17. The normalized spacial score (nSPS) is 11.0. The Bertz CT molecular complexity index is 548. The lowest BCUT2D eigenvalue weighted by atomic mass is 10.1. The van der Waals surface area contributed by atoms with Gasteiger partial charge in [0.1, 0.15) is 5.75 Å². The van der Waals surface area contributed by atoms with E-state index in [1.54, 1.807) is 19.9 Å². The molecule has 0 fully saturated rings. The number of carbonyl (C=O) groups is 2. The highest BCUT2D eigenvalue weighted by Crippen LogP contribution is 2.23. The van der Waals surface area contributed by atoms with Crippen LogP contribution in [0.3, 0.4) is 0 Å². The van der Waals surface area contributed by atoms with Crippen LogP contribution in [-0.2, 0) is 19.1 Å². The Hall–Kier alpha value is -2.30. The van der Waals surface area contributed by atoms with Gasteiger partial charge in [-0.2, -0.15) is 0 Å². The highest BCUT2D eigenvalue weighted by molar-refractivity contribution is 5.98. The summed E-state index contributed by atoms with van der Waals surface area (Å²) < 4.78 is 15.6. The summed E-state index contributed by atoms with van der Waals surface area (Å²) in [5.41, 5.74) is 0.978. The Balaban J connectivity index is 3.07. The van der Waals surface area contributed by atoms with Crippen LogP contribution in [-0.4, -0.2) is 31.8 Å². The van der Waals surface area contributed by atoms with Gasteiger partial charge < -0.3 is 14.2 Å². The fraction of sp³-hybridized carbons (Fsp3) is 0.444. The summed E-state index contributed by atoms with van der Waals surface area (Å²) in [6, 6.07) is 7.36. The van der Waals surface area contributed by atoms with Gasteiger partial charge in [-0.1, -0.05) is 25.1 Å². The van der Waals surface area contributed by atoms with Gasteiger partial charge in [-0.3, -0.25) is 4.79 Å². The first-order chi connectivity index (χ1) is 11.1. The van der Waals surface area contributed by atoms with Crippen molar-refractivity contribution in [3.05, 3.63) is 35.4 Å². The number of hydrogen-bond acceptors (Lipinski definition) is 5. The lowest BCUT2D eigenvalue weighted by Crippen LogP contribution is -2.13. The maximum absolute atomic E-state index is 12.1. The monoisotopic (exact) mass is 320 g/mol. The molecule has 0 aliphatic carbocycles. The molecule has 0 N–H and O–H groups in total. The molecule has 0 aliphatic rings. The number of ether oxygens (including phenoxy) is 3. The zero-order chi connectivity index (χ0) is 17.1. The molecule has 0 radical (unpaired) electrons. The fourth-order valence-corrected chi connectivity index (χ4v) is 1.90. The van der Waals surface area contributed by atoms with E-state index in [1.165, 1.54) is 0 Å². The van der Waals surface area contributed by atoms with E-state index < -0.39 is 11.9 Å². The van der Waals surface area contributed by atoms with Crippen LogP contribution in [0.5, 0.6) is 5.75 Å². The Morgan fingerprint density at radius 3 is 2.39 bits per heavy atom. The van der Waals surface area contributed by atoms with Crippen LogP contribution in [0.25, 0.3) is 6.08 Å². The maximum Gasteiger partial charge on any atom is 0.334 e. The standard InChI is InChI=1S/C18H24O5/c1-4-11-23-16-10-8-7-9-14(16)12-15(18(20)22-6-3)13-17(19)21-5-2/h7-10,12H,4-6,11,13H2,1-3H3. The van der Waals surface area contributed by atoms with Gasteiger partial charge in [0.15, 0.2) is 0 Å². The van der Waals surface area contributed by atoms with Crippen molar-refractivity contribution in [3.63, 3.8) is 0 Å². The molecule has 5 nitrogen and oxygen atoms in total. The quantitative estimate of drug-likeness (QED) is 0.515. The first kappa shape index (κ1) is 18.7. The summed E-state index contributed by atoms with van der Waals surface area (Å²) in [6.07, 6.45) is 2.38. The van der Waals surface area contributed by atoms with Crippen molar-refractivity contribution in [2.75, 3.05) is 19.8 Å². The highest BCUT2D eigenvalue weighted by atomic mass is 16.5. The molecule has 0 aliphatic heterocycles. The molecule has 0 saturated heterocycles. The summed E-state index contributed by atoms with van der Waals surface area (Å²) in [4.78, 5) is 23.8. The molecule has 1 rings (SSSR count). The minimum absolute atomic E-state index is 0.130. The summed E-state index contributed by atoms with van der Waals surface area (Å²) in [7, 11) is 0. The van der Waals surface area contributed by atoms with E-state index in [9.17, 15) is 9.59 Å². The van der Waals surface area contributed by atoms with Crippen LogP contribution in [0.15, 0.2) is 29.8 Å². The molecule has 1 aromatic rings. The number of hydrogen-bond donors (Lipinski definition) is 0. The second-order valence-electron chi connectivity index (χ2n) is 4.76. The van der Waals surface area contributed by atoms with E-state index in [0.717, 1.165) is 12.0 Å². The van der Waals surface area contributed by atoms with Crippen molar-refractivity contribution in [2.24, 2.45) is 0 Å². The largest absolute Gasteiger partial charge is 0.493 e. The van der Waals surface area contributed by atoms with Gasteiger partial charge in [-0.05, 0) is 32.4 Å². The van der Waals surface area contributed by atoms with E-state index in [1.807, 2.05) is 31.2 Å². The van der Waals surface area contributed by atoms with Crippen LogP contribution in [0.4, 0.5) is 0 Å². The molecule has 5 heteroatoms. The molecule has 0 bridgehead atoms. The minimum Gasteiger partial charge on any atom is -0.493 e. The summed E-state index contributed by atoms with van der Waals surface area (Å²) in [5, 5.41) is 0. The topological polar surface area (TPSA) is 61.8 Å². The Kier molecular flexibility index (Phi) is 8.50. The summed E-state index contributed by atoms with van der Waals surface area (Å²) in [5.74, 6) is -0.315. The van der Waals surface area contributed by atoms with E-state index in [4.69, 9.17) is 14.2 Å². The van der Waals surface area contributed by atoms with Gasteiger partial charge in [0, 0.05) is 11.1 Å². The molecule has 23 heavy (non-hydrogen) atoms. The van der Waals surface area contributed by atoms with Crippen LogP contribution < -0.4 is 4.74 Å². The molecule has 0 aromatic heterocycles. The molecular formula is C18H24O5. The Labute approximate surface area is 137 Å². The third-order valence-electron chi connectivity index (χ3n) is 2.89.